The zero-order valence-corrected chi connectivity index (χ0v) is 17.3. The molecule has 3 rings (SSSR count). The fraction of sp³-hybridized carbons (Fsp3) is 0.455. The maximum atomic E-state index is 12.9. The van der Waals surface area contributed by atoms with Gasteiger partial charge < -0.3 is 4.90 Å². The van der Waals surface area contributed by atoms with Crippen molar-refractivity contribution < 1.29 is 4.79 Å². The second kappa shape index (κ2) is 9.29. The number of benzene rings is 1. The molecule has 1 aromatic carbocycles. The SMILES string of the molecule is Cc1nc(CC(C)C)sc1C(=O)N1CCN(C/C=C/c2ccccc2)CC1. The van der Waals surface area contributed by atoms with E-state index in [9.17, 15) is 4.79 Å². The molecule has 2 heterocycles. The van der Waals surface area contributed by atoms with Gasteiger partial charge in [0, 0.05) is 39.1 Å². The van der Waals surface area contributed by atoms with Gasteiger partial charge in [-0.25, -0.2) is 4.98 Å². The smallest absolute Gasteiger partial charge is 0.265 e. The standard InChI is InChI=1S/C22H29N3OS/c1-17(2)16-20-23-18(3)21(27-20)22(26)25-14-12-24(13-15-25)11-7-10-19-8-5-4-6-9-19/h4-10,17H,11-16H2,1-3H3/b10-7+. The van der Waals surface area contributed by atoms with E-state index in [0.29, 0.717) is 5.92 Å². The van der Waals surface area contributed by atoms with Gasteiger partial charge in [-0.15, -0.1) is 11.3 Å². The van der Waals surface area contributed by atoms with Gasteiger partial charge in [0.1, 0.15) is 4.88 Å². The van der Waals surface area contributed by atoms with Crippen LogP contribution >= 0.6 is 11.3 Å². The summed E-state index contributed by atoms with van der Waals surface area (Å²) in [5.74, 6) is 0.713. The van der Waals surface area contributed by atoms with Crippen LogP contribution in [0.15, 0.2) is 36.4 Å². The second-order valence-corrected chi connectivity index (χ2v) is 8.61. The third-order valence-corrected chi connectivity index (χ3v) is 5.92. The summed E-state index contributed by atoms with van der Waals surface area (Å²) >= 11 is 1.57. The summed E-state index contributed by atoms with van der Waals surface area (Å²) in [6.07, 6.45) is 5.31. The highest BCUT2D eigenvalue weighted by atomic mass is 32.1. The van der Waals surface area contributed by atoms with E-state index >= 15 is 0 Å². The zero-order chi connectivity index (χ0) is 19.2. The largest absolute Gasteiger partial charge is 0.335 e. The van der Waals surface area contributed by atoms with Crippen LogP contribution < -0.4 is 0 Å². The third kappa shape index (κ3) is 5.50. The van der Waals surface area contributed by atoms with Gasteiger partial charge in [0.2, 0.25) is 0 Å². The molecule has 1 saturated heterocycles. The van der Waals surface area contributed by atoms with Crippen LogP contribution in [0.2, 0.25) is 0 Å². The molecule has 1 aromatic heterocycles. The highest BCUT2D eigenvalue weighted by molar-refractivity contribution is 7.13. The van der Waals surface area contributed by atoms with Gasteiger partial charge >= 0.3 is 0 Å². The van der Waals surface area contributed by atoms with Crippen LogP contribution in [0.25, 0.3) is 6.08 Å². The number of piperazine rings is 1. The monoisotopic (exact) mass is 383 g/mol. The van der Waals surface area contributed by atoms with Crippen molar-refractivity contribution in [2.45, 2.75) is 27.2 Å². The molecule has 0 N–H and O–H groups in total. The number of aryl methyl sites for hydroxylation is 1. The summed E-state index contributed by atoms with van der Waals surface area (Å²) in [6, 6.07) is 10.4. The lowest BCUT2D eigenvalue weighted by Gasteiger charge is -2.34. The molecule has 1 aliphatic rings. The minimum Gasteiger partial charge on any atom is -0.335 e. The molecule has 1 aliphatic heterocycles. The molecule has 1 amide bonds. The predicted molar refractivity (Wildman–Crippen MR) is 113 cm³/mol. The Balaban J connectivity index is 1.51. The van der Waals surface area contributed by atoms with Crippen molar-refractivity contribution in [3.8, 4) is 0 Å². The Bertz CT molecular complexity index is 774. The van der Waals surface area contributed by atoms with Gasteiger partial charge in [-0.3, -0.25) is 9.69 Å². The molecular formula is C22H29N3OS. The van der Waals surface area contributed by atoms with Crippen LogP contribution in [0.1, 0.15) is 39.8 Å². The molecule has 0 radical (unpaired) electrons. The van der Waals surface area contributed by atoms with Crippen LogP contribution in [-0.2, 0) is 6.42 Å². The van der Waals surface area contributed by atoms with Crippen molar-refractivity contribution in [1.82, 2.24) is 14.8 Å². The fourth-order valence-corrected chi connectivity index (χ4v) is 4.51. The lowest BCUT2D eigenvalue weighted by molar-refractivity contribution is 0.0654. The number of nitrogens with zero attached hydrogens (tertiary/aromatic N) is 3. The molecule has 0 atom stereocenters. The van der Waals surface area contributed by atoms with Crippen molar-refractivity contribution in [3.63, 3.8) is 0 Å². The Hall–Kier alpha value is -1.98. The van der Waals surface area contributed by atoms with E-state index in [-0.39, 0.29) is 5.91 Å². The molecule has 0 bridgehead atoms. The van der Waals surface area contributed by atoms with Crippen molar-refractivity contribution >= 4 is 23.3 Å². The molecule has 0 spiro atoms. The number of rotatable bonds is 6. The van der Waals surface area contributed by atoms with E-state index in [2.05, 4.69) is 60.1 Å². The molecule has 27 heavy (non-hydrogen) atoms. The van der Waals surface area contributed by atoms with Gasteiger partial charge in [-0.2, -0.15) is 0 Å². The van der Waals surface area contributed by atoms with Crippen LogP contribution in [-0.4, -0.2) is 53.4 Å². The summed E-state index contributed by atoms with van der Waals surface area (Å²) < 4.78 is 0. The summed E-state index contributed by atoms with van der Waals surface area (Å²) in [5, 5.41) is 1.08. The van der Waals surface area contributed by atoms with E-state index in [0.717, 1.165) is 54.7 Å². The lowest BCUT2D eigenvalue weighted by Crippen LogP contribution is -2.48. The van der Waals surface area contributed by atoms with Crippen LogP contribution in [0.3, 0.4) is 0 Å². The summed E-state index contributed by atoms with van der Waals surface area (Å²) in [6.45, 7) is 10.7. The first-order chi connectivity index (χ1) is 13.0. The van der Waals surface area contributed by atoms with E-state index in [1.165, 1.54) is 5.56 Å². The normalized spacial score (nSPS) is 15.8. The van der Waals surface area contributed by atoms with Crippen LogP contribution in [0, 0.1) is 12.8 Å². The summed E-state index contributed by atoms with van der Waals surface area (Å²) in [5.41, 5.74) is 2.11. The average Bonchev–Trinajstić information content (AvgIpc) is 3.02. The number of hydrogen-bond donors (Lipinski definition) is 0. The third-order valence-electron chi connectivity index (χ3n) is 4.75. The second-order valence-electron chi connectivity index (χ2n) is 7.53. The first-order valence-corrected chi connectivity index (χ1v) is 10.5. The topological polar surface area (TPSA) is 36.4 Å². The van der Waals surface area contributed by atoms with Crippen molar-refractivity contribution in [2.24, 2.45) is 5.92 Å². The molecule has 0 unspecified atom stereocenters. The Kier molecular flexibility index (Phi) is 6.80. The average molecular weight is 384 g/mol. The molecule has 144 valence electrons. The predicted octanol–water partition coefficient (Wildman–Crippen LogP) is 4.12. The number of carbonyl (C=O) groups excluding carboxylic acids is 1. The maximum absolute atomic E-state index is 12.9. The number of amides is 1. The first kappa shape index (κ1) is 19.8. The maximum Gasteiger partial charge on any atom is 0.265 e. The van der Waals surface area contributed by atoms with E-state index in [1.54, 1.807) is 11.3 Å². The molecule has 5 heteroatoms. The molecule has 2 aromatic rings. The van der Waals surface area contributed by atoms with Crippen LogP contribution in [0.4, 0.5) is 0 Å². The van der Waals surface area contributed by atoms with Gasteiger partial charge in [-0.1, -0.05) is 56.3 Å². The van der Waals surface area contributed by atoms with E-state index in [4.69, 9.17) is 0 Å². The van der Waals surface area contributed by atoms with Crippen LogP contribution in [0.5, 0.6) is 0 Å². The molecule has 1 fully saturated rings. The van der Waals surface area contributed by atoms with Crippen molar-refractivity contribution in [3.05, 3.63) is 57.6 Å². The summed E-state index contributed by atoms with van der Waals surface area (Å²) in [4.78, 5) is 22.7. The molecular weight excluding hydrogens is 354 g/mol. The number of hydrogen-bond acceptors (Lipinski definition) is 4. The van der Waals surface area contributed by atoms with Crippen molar-refractivity contribution in [2.75, 3.05) is 32.7 Å². The quantitative estimate of drug-likeness (QED) is 0.753. The Morgan fingerprint density at radius 3 is 2.56 bits per heavy atom. The van der Waals surface area contributed by atoms with Gasteiger partial charge in [-0.05, 0) is 18.4 Å². The lowest BCUT2D eigenvalue weighted by atomic mass is 10.1. The fourth-order valence-electron chi connectivity index (χ4n) is 3.27. The number of carbonyl (C=O) groups is 1. The zero-order valence-electron chi connectivity index (χ0n) is 16.5. The Morgan fingerprint density at radius 1 is 1.19 bits per heavy atom. The van der Waals surface area contributed by atoms with Gasteiger partial charge in [0.05, 0.1) is 10.7 Å². The highest BCUT2D eigenvalue weighted by Crippen LogP contribution is 2.23. The Morgan fingerprint density at radius 2 is 1.89 bits per heavy atom. The van der Waals surface area contributed by atoms with E-state index in [1.807, 2.05) is 17.9 Å². The van der Waals surface area contributed by atoms with Gasteiger partial charge in [0.25, 0.3) is 5.91 Å². The molecule has 0 aliphatic carbocycles. The first-order valence-electron chi connectivity index (χ1n) is 9.72. The number of aromatic nitrogens is 1. The molecule has 4 nitrogen and oxygen atoms in total. The Labute approximate surface area is 166 Å². The van der Waals surface area contributed by atoms with Crippen molar-refractivity contribution in [1.29, 1.82) is 0 Å². The minimum atomic E-state index is 0.152. The minimum absolute atomic E-state index is 0.152. The highest BCUT2D eigenvalue weighted by Gasteiger charge is 2.25. The number of thiazole rings is 1. The van der Waals surface area contributed by atoms with Gasteiger partial charge in [0.15, 0.2) is 0 Å². The van der Waals surface area contributed by atoms with E-state index < -0.39 is 0 Å². The summed E-state index contributed by atoms with van der Waals surface area (Å²) in [7, 11) is 0. The molecule has 0 saturated carbocycles.